The molecule has 1 aromatic carbocycles. The van der Waals surface area contributed by atoms with Crippen molar-refractivity contribution in [1.82, 2.24) is 4.90 Å². The molecular formula is C13H17NO2. The first-order chi connectivity index (χ1) is 7.86. The summed E-state index contributed by atoms with van der Waals surface area (Å²) >= 11 is 0. The normalized spacial score (nSPS) is 20.6. The highest BCUT2D eigenvalue weighted by Gasteiger charge is 2.24. The van der Waals surface area contributed by atoms with Gasteiger partial charge in [-0.25, -0.2) is 0 Å². The second-order valence-electron chi connectivity index (χ2n) is 4.10. The molecule has 1 heterocycles. The summed E-state index contributed by atoms with van der Waals surface area (Å²) in [5.41, 5.74) is 1.12. The molecule has 1 fully saturated rings. The Morgan fingerprint density at radius 1 is 1.38 bits per heavy atom. The molecule has 0 unspecified atom stereocenters. The molecule has 0 saturated carbocycles. The Kier molecular flexibility index (Phi) is 3.44. The number of methoxy groups -OCH3 is 1. The molecular weight excluding hydrogens is 202 g/mol. The fraction of sp³-hybridized carbons (Fsp3) is 0.462. The van der Waals surface area contributed by atoms with Gasteiger partial charge in [0.05, 0.1) is 13.2 Å². The quantitative estimate of drug-likeness (QED) is 0.730. The summed E-state index contributed by atoms with van der Waals surface area (Å²) in [7, 11) is 1.67. The Bertz CT molecular complexity index is 365. The molecule has 1 aliphatic rings. The minimum atomic E-state index is 0.183. The van der Waals surface area contributed by atoms with Gasteiger partial charge < -0.3 is 9.64 Å². The van der Waals surface area contributed by atoms with Crippen LogP contribution in [0, 0.1) is 0 Å². The van der Waals surface area contributed by atoms with Crippen molar-refractivity contribution in [2.45, 2.75) is 25.3 Å². The molecule has 0 bridgehead atoms. The highest BCUT2D eigenvalue weighted by Crippen LogP contribution is 2.34. The number of likely N-dealkylation sites (tertiary alicyclic amines) is 1. The summed E-state index contributed by atoms with van der Waals surface area (Å²) in [4.78, 5) is 12.9. The highest BCUT2D eigenvalue weighted by molar-refractivity contribution is 5.50. The molecule has 1 saturated heterocycles. The first kappa shape index (κ1) is 11.0. The first-order valence-electron chi connectivity index (χ1n) is 5.70. The third kappa shape index (κ3) is 2.03. The Morgan fingerprint density at radius 2 is 2.19 bits per heavy atom. The van der Waals surface area contributed by atoms with E-state index >= 15 is 0 Å². The predicted molar refractivity (Wildman–Crippen MR) is 62.4 cm³/mol. The summed E-state index contributed by atoms with van der Waals surface area (Å²) in [6, 6.07) is 8.13. The van der Waals surface area contributed by atoms with Crippen LogP contribution in [0.25, 0.3) is 0 Å². The van der Waals surface area contributed by atoms with E-state index in [1.54, 1.807) is 7.11 Å². The van der Waals surface area contributed by atoms with Crippen LogP contribution in [0.4, 0.5) is 0 Å². The number of amides is 1. The average Bonchev–Trinajstić information content (AvgIpc) is 2.38. The fourth-order valence-corrected chi connectivity index (χ4v) is 2.36. The standard InChI is InChI=1S/C13H17NO2/c1-16-13-8-3-2-6-11(13)12-7-4-5-9-14(12)10-15/h2-3,6,8,10,12H,4-5,7,9H2,1H3/t12-/m1/s1. The molecule has 1 aliphatic heterocycles. The van der Waals surface area contributed by atoms with E-state index in [0.717, 1.165) is 37.1 Å². The van der Waals surface area contributed by atoms with Crippen LogP contribution in [0.3, 0.4) is 0 Å². The van der Waals surface area contributed by atoms with Crippen molar-refractivity contribution in [3.05, 3.63) is 29.8 Å². The molecule has 3 heteroatoms. The van der Waals surface area contributed by atoms with E-state index in [4.69, 9.17) is 4.74 Å². The van der Waals surface area contributed by atoms with Crippen LogP contribution >= 0.6 is 0 Å². The van der Waals surface area contributed by atoms with Crippen molar-refractivity contribution >= 4 is 6.41 Å². The number of carbonyl (C=O) groups is 1. The minimum absolute atomic E-state index is 0.183. The maximum Gasteiger partial charge on any atom is 0.210 e. The number of benzene rings is 1. The van der Waals surface area contributed by atoms with Crippen molar-refractivity contribution in [3.8, 4) is 5.75 Å². The van der Waals surface area contributed by atoms with E-state index in [-0.39, 0.29) is 6.04 Å². The molecule has 0 spiro atoms. The zero-order valence-electron chi connectivity index (χ0n) is 9.56. The van der Waals surface area contributed by atoms with Crippen LogP contribution in [-0.4, -0.2) is 25.0 Å². The molecule has 0 N–H and O–H groups in total. The van der Waals surface area contributed by atoms with Gasteiger partial charge in [-0.2, -0.15) is 0 Å². The third-order valence-corrected chi connectivity index (χ3v) is 3.18. The van der Waals surface area contributed by atoms with Gasteiger partial charge in [0.1, 0.15) is 5.75 Å². The predicted octanol–water partition coefficient (Wildman–Crippen LogP) is 2.38. The van der Waals surface area contributed by atoms with Crippen molar-refractivity contribution in [1.29, 1.82) is 0 Å². The average molecular weight is 219 g/mol. The van der Waals surface area contributed by atoms with E-state index in [0.29, 0.717) is 0 Å². The van der Waals surface area contributed by atoms with Crippen LogP contribution in [0.15, 0.2) is 24.3 Å². The first-order valence-corrected chi connectivity index (χ1v) is 5.70. The SMILES string of the molecule is COc1ccccc1[C@H]1CCCCN1C=O. The number of piperidine rings is 1. The van der Waals surface area contributed by atoms with Gasteiger partial charge in [-0.1, -0.05) is 18.2 Å². The monoisotopic (exact) mass is 219 g/mol. The van der Waals surface area contributed by atoms with Gasteiger partial charge in [0.15, 0.2) is 0 Å². The number of hydrogen-bond donors (Lipinski definition) is 0. The Morgan fingerprint density at radius 3 is 2.94 bits per heavy atom. The van der Waals surface area contributed by atoms with E-state index in [1.807, 2.05) is 29.2 Å². The molecule has 0 aliphatic carbocycles. The number of carbonyl (C=O) groups excluding carboxylic acids is 1. The zero-order chi connectivity index (χ0) is 11.4. The number of hydrogen-bond acceptors (Lipinski definition) is 2. The number of para-hydroxylation sites is 1. The minimum Gasteiger partial charge on any atom is -0.496 e. The molecule has 16 heavy (non-hydrogen) atoms. The van der Waals surface area contributed by atoms with Gasteiger partial charge in [0, 0.05) is 12.1 Å². The number of ether oxygens (including phenoxy) is 1. The lowest BCUT2D eigenvalue weighted by atomic mass is 9.95. The van der Waals surface area contributed by atoms with E-state index in [1.165, 1.54) is 6.42 Å². The Labute approximate surface area is 96.0 Å². The molecule has 0 radical (unpaired) electrons. The van der Waals surface area contributed by atoms with Gasteiger partial charge >= 0.3 is 0 Å². The third-order valence-electron chi connectivity index (χ3n) is 3.18. The van der Waals surface area contributed by atoms with Crippen LogP contribution in [0.2, 0.25) is 0 Å². The summed E-state index contributed by atoms with van der Waals surface area (Å²) in [6.45, 7) is 0.853. The lowest BCUT2D eigenvalue weighted by molar-refractivity contribution is -0.121. The number of nitrogens with zero attached hydrogens (tertiary/aromatic N) is 1. The summed E-state index contributed by atoms with van der Waals surface area (Å²) in [5, 5.41) is 0. The molecule has 86 valence electrons. The summed E-state index contributed by atoms with van der Waals surface area (Å²) in [5.74, 6) is 0.876. The lowest BCUT2D eigenvalue weighted by Crippen LogP contribution is -2.32. The smallest absolute Gasteiger partial charge is 0.210 e. The van der Waals surface area contributed by atoms with Crippen molar-refractivity contribution < 1.29 is 9.53 Å². The van der Waals surface area contributed by atoms with Gasteiger partial charge in [-0.15, -0.1) is 0 Å². The van der Waals surface area contributed by atoms with Gasteiger partial charge in [0.25, 0.3) is 0 Å². The van der Waals surface area contributed by atoms with Crippen LogP contribution in [-0.2, 0) is 4.79 Å². The van der Waals surface area contributed by atoms with Crippen molar-refractivity contribution in [3.63, 3.8) is 0 Å². The van der Waals surface area contributed by atoms with Crippen LogP contribution in [0.5, 0.6) is 5.75 Å². The maximum atomic E-state index is 11.0. The zero-order valence-corrected chi connectivity index (χ0v) is 9.56. The maximum absolute atomic E-state index is 11.0. The summed E-state index contributed by atoms with van der Waals surface area (Å²) in [6.07, 6.45) is 4.26. The second-order valence-corrected chi connectivity index (χ2v) is 4.10. The fourth-order valence-electron chi connectivity index (χ4n) is 2.36. The molecule has 1 aromatic rings. The summed E-state index contributed by atoms with van der Waals surface area (Å²) < 4.78 is 5.35. The van der Waals surface area contributed by atoms with Gasteiger partial charge in [-0.05, 0) is 25.3 Å². The van der Waals surface area contributed by atoms with Crippen molar-refractivity contribution in [2.75, 3.05) is 13.7 Å². The lowest BCUT2D eigenvalue weighted by Gasteiger charge is -2.33. The van der Waals surface area contributed by atoms with Gasteiger partial charge in [-0.3, -0.25) is 4.79 Å². The molecule has 1 amide bonds. The topological polar surface area (TPSA) is 29.5 Å². The van der Waals surface area contributed by atoms with E-state index < -0.39 is 0 Å². The Hall–Kier alpha value is -1.51. The van der Waals surface area contributed by atoms with Gasteiger partial charge in [0.2, 0.25) is 6.41 Å². The molecule has 3 nitrogen and oxygen atoms in total. The molecule has 2 rings (SSSR count). The molecule has 1 atom stereocenters. The highest BCUT2D eigenvalue weighted by atomic mass is 16.5. The number of rotatable bonds is 3. The second kappa shape index (κ2) is 5.01. The largest absolute Gasteiger partial charge is 0.496 e. The van der Waals surface area contributed by atoms with E-state index in [2.05, 4.69) is 0 Å². The Balaban J connectivity index is 2.30. The van der Waals surface area contributed by atoms with Crippen LogP contribution < -0.4 is 4.74 Å². The molecule has 0 aromatic heterocycles. The van der Waals surface area contributed by atoms with Crippen LogP contribution in [0.1, 0.15) is 30.9 Å². The van der Waals surface area contributed by atoms with E-state index in [9.17, 15) is 4.79 Å². The van der Waals surface area contributed by atoms with Crippen molar-refractivity contribution in [2.24, 2.45) is 0 Å².